The van der Waals surface area contributed by atoms with Crippen LogP contribution in [0.5, 0.6) is 0 Å². The summed E-state index contributed by atoms with van der Waals surface area (Å²) in [5.41, 5.74) is 0. The molecule has 0 aromatic heterocycles. The Morgan fingerprint density at radius 1 is 0.818 bits per heavy atom. The van der Waals surface area contributed by atoms with Crippen LogP contribution in [0, 0.1) is 0 Å². The molecule has 68 valence electrons. The van der Waals surface area contributed by atoms with E-state index in [4.69, 9.17) is 7.53 Å². The maximum absolute atomic E-state index is 5.43. The van der Waals surface area contributed by atoms with E-state index >= 15 is 0 Å². The van der Waals surface area contributed by atoms with Gasteiger partial charge >= 0.3 is 72.0 Å². The molecule has 0 aromatic carbocycles. The quantitative estimate of drug-likeness (QED) is 0.618. The van der Waals surface area contributed by atoms with E-state index in [1.807, 2.05) is 35.9 Å². The van der Waals surface area contributed by atoms with Crippen molar-refractivity contribution in [3.05, 3.63) is 0 Å². The van der Waals surface area contributed by atoms with Gasteiger partial charge in [0, 0.05) is 0 Å². The Balaban J connectivity index is 4.46. The van der Waals surface area contributed by atoms with Crippen LogP contribution in [0.15, 0.2) is 0 Å². The van der Waals surface area contributed by atoms with Gasteiger partial charge in [-0.25, -0.2) is 0 Å². The molecule has 0 saturated carbocycles. The van der Waals surface area contributed by atoms with E-state index in [2.05, 4.69) is 0 Å². The van der Waals surface area contributed by atoms with Gasteiger partial charge in [0.2, 0.25) is 0 Å². The third-order valence-corrected chi connectivity index (χ3v) is 8.64. The topological polar surface area (TPSA) is 24.9 Å². The molecule has 0 bridgehead atoms. The van der Waals surface area contributed by atoms with Gasteiger partial charge in [-0.1, -0.05) is 0 Å². The molecule has 0 N–H and O–H groups in total. The van der Waals surface area contributed by atoms with E-state index in [0.29, 0.717) is 0 Å². The van der Waals surface area contributed by atoms with Gasteiger partial charge in [0.15, 0.2) is 0 Å². The van der Waals surface area contributed by atoms with Crippen LogP contribution in [0.2, 0.25) is 0 Å². The molecular weight excluding hydrogens is 205 g/mol. The second kappa shape index (κ2) is 4.42. The first-order chi connectivity index (χ1) is 5.01. The molecule has 5 heteroatoms. The molecule has 0 radical (unpaired) electrons. The fraction of sp³-hybridized carbons (Fsp3) is 1.00. The summed E-state index contributed by atoms with van der Waals surface area (Å²) in [6, 6.07) is 0. The third-order valence-electron chi connectivity index (χ3n) is 1.66. The van der Waals surface area contributed by atoms with Gasteiger partial charge in [0.05, 0.1) is 0 Å². The Morgan fingerprint density at radius 2 is 1.09 bits per heavy atom. The summed E-state index contributed by atoms with van der Waals surface area (Å²) in [5.74, 6) is 0. The van der Waals surface area contributed by atoms with Crippen LogP contribution in [-0.2, 0) is 7.53 Å². The fourth-order valence-electron chi connectivity index (χ4n) is 1.21. The third kappa shape index (κ3) is 2.16. The van der Waals surface area contributed by atoms with Gasteiger partial charge < -0.3 is 0 Å². The van der Waals surface area contributed by atoms with Crippen LogP contribution in [-0.4, -0.2) is 64.5 Å². The SMILES string of the molecule is C[O][Ge]([O]C)([N](C)C)[N](C)C. The summed E-state index contributed by atoms with van der Waals surface area (Å²) < 4.78 is 14.9. The molecule has 0 fully saturated rings. The molecule has 0 unspecified atom stereocenters. The molecule has 0 heterocycles. The Kier molecular flexibility index (Phi) is 4.57. The number of hydrogen-bond acceptors (Lipinski definition) is 4. The predicted molar refractivity (Wildman–Crippen MR) is 47.1 cm³/mol. The molecule has 0 aliphatic rings. The van der Waals surface area contributed by atoms with Gasteiger partial charge in [0.1, 0.15) is 0 Å². The molecule has 0 aliphatic carbocycles. The number of nitrogens with zero attached hydrogens (tertiary/aromatic N) is 2. The Morgan fingerprint density at radius 3 is 1.09 bits per heavy atom. The summed E-state index contributed by atoms with van der Waals surface area (Å²) >= 11 is -2.75. The van der Waals surface area contributed by atoms with Gasteiger partial charge in [-0.15, -0.1) is 0 Å². The molecule has 4 nitrogen and oxygen atoms in total. The van der Waals surface area contributed by atoms with Crippen molar-refractivity contribution < 1.29 is 7.53 Å². The van der Waals surface area contributed by atoms with Crippen molar-refractivity contribution in [2.45, 2.75) is 0 Å². The molecule has 0 aromatic rings. The predicted octanol–water partition coefficient (Wildman–Crippen LogP) is -0.162. The molecule has 11 heavy (non-hydrogen) atoms. The maximum atomic E-state index is 5.43. The van der Waals surface area contributed by atoms with Crippen LogP contribution in [0.3, 0.4) is 0 Å². The van der Waals surface area contributed by atoms with E-state index in [9.17, 15) is 0 Å². The summed E-state index contributed by atoms with van der Waals surface area (Å²) in [6.45, 7) is 0. The van der Waals surface area contributed by atoms with Gasteiger partial charge in [-0.05, 0) is 0 Å². The van der Waals surface area contributed by atoms with Crippen molar-refractivity contribution in [1.82, 2.24) is 7.71 Å². The van der Waals surface area contributed by atoms with Crippen LogP contribution in [0.1, 0.15) is 0 Å². The standard InChI is InChI=1S/C6H18GeN2O2/c1-8(2)7(10-5,11-6)9(3)4/h1-6H3. The fourth-order valence-corrected chi connectivity index (χ4v) is 6.31. The molecule has 0 spiro atoms. The Bertz CT molecular complexity index is 105. The molecular formula is C6H18GeN2O2. The average molecular weight is 223 g/mol. The van der Waals surface area contributed by atoms with E-state index in [0.717, 1.165) is 0 Å². The zero-order valence-electron chi connectivity index (χ0n) is 8.21. The zero-order valence-corrected chi connectivity index (χ0v) is 10.3. The van der Waals surface area contributed by atoms with Gasteiger partial charge in [0.25, 0.3) is 0 Å². The number of rotatable bonds is 4. The molecule has 0 rings (SSSR count). The Hall–Kier alpha value is 0.383. The first-order valence-corrected chi connectivity index (χ1v) is 7.05. The molecule has 0 amide bonds. The van der Waals surface area contributed by atoms with E-state index in [-0.39, 0.29) is 0 Å². The van der Waals surface area contributed by atoms with E-state index < -0.39 is 14.4 Å². The molecule has 0 aliphatic heterocycles. The monoisotopic (exact) mass is 224 g/mol. The van der Waals surface area contributed by atoms with Gasteiger partial charge in [-0.2, -0.15) is 0 Å². The molecule has 0 saturated heterocycles. The van der Waals surface area contributed by atoms with Crippen molar-refractivity contribution >= 4 is 14.4 Å². The molecule has 0 atom stereocenters. The zero-order chi connectivity index (χ0) is 9.07. The van der Waals surface area contributed by atoms with E-state index in [1.54, 1.807) is 14.2 Å². The van der Waals surface area contributed by atoms with Gasteiger partial charge in [-0.3, -0.25) is 0 Å². The Labute approximate surface area is 72.5 Å². The average Bonchev–Trinajstić information content (AvgIpc) is 1.90. The van der Waals surface area contributed by atoms with Crippen molar-refractivity contribution in [1.29, 1.82) is 0 Å². The summed E-state index contributed by atoms with van der Waals surface area (Å²) in [4.78, 5) is 0. The normalized spacial score (nSPS) is 13.1. The van der Waals surface area contributed by atoms with Crippen LogP contribution in [0.25, 0.3) is 0 Å². The number of hydrogen-bond donors (Lipinski definition) is 0. The minimum absolute atomic E-state index is 1.70. The first-order valence-electron chi connectivity index (χ1n) is 3.46. The van der Waals surface area contributed by atoms with Crippen LogP contribution < -0.4 is 0 Å². The second-order valence-corrected chi connectivity index (χ2v) is 10.5. The van der Waals surface area contributed by atoms with Crippen molar-refractivity contribution in [2.24, 2.45) is 0 Å². The van der Waals surface area contributed by atoms with Crippen LogP contribution >= 0.6 is 0 Å². The second-order valence-electron chi connectivity index (χ2n) is 2.75. The van der Waals surface area contributed by atoms with Crippen LogP contribution in [0.4, 0.5) is 0 Å². The van der Waals surface area contributed by atoms with Crippen molar-refractivity contribution in [2.75, 3.05) is 42.4 Å². The minimum atomic E-state index is -2.75. The summed E-state index contributed by atoms with van der Waals surface area (Å²) in [5, 5.41) is 0. The summed E-state index contributed by atoms with van der Waals surface area (Å²) in [7, 11) is 11.3. The summed E-state index contributed by atoms with van der Waals surface area (Å²) in [6.07, 6.45) is 0. The van der Waals surface area contributed by atoms with Crippen molar-refractivity contribution in [3.8, 4) is 0 Å². The first kappa shape index (κ1) is 11.4. The van der Waals surface area contributed by atoms with E-state index in [1.165, 1.54) is 0 Å². The van der Waals surface area contributed by atoms with Crippen molar-refractivity contribution in [3.63, 3.8) is 0 Å².